The molecule has 0 spiro atoms. The van der Waals surface area contributed by atoms with Gasteiger partial charge in [0.15, 0.2) is 0 Å². The largest absolute Gasteiger partial charge is 0.274 e. The van der Waals surface area contributed by atoms with E-state index in [1.54, 1.807) is 18.3 Å². The lowest BCUT2D eigenvalue weighted by Crippen LogP contribution is -2.29. The smallest absolute Gasteiger partial charge is 0.264 e. The van der Waals surface area contributed by atoms with Gasteiger partial charge in [-0.25, -0.2) is 8.42 Å². The Morgan fingerprint density at radius 2 is 1.67 bits per heavy atom. The third-order valence-corrected chi connectivity index (χ3v) is 5.61. The van der Waals surface area contributed by atoms with E-state index in [1.165, 1.54) is 37.5 Å². The molecule has 0 radical (unpaired) electrons. The van der Waals surface area contributed by atoms with Crippen LogP contribution in [0.25, 0.3) is 0 Å². The van der Waals surface area contributed by atoms with Gasteiger partial charge in [-0.3, -0.25) is 23.8 Å². The normalized spacial score (nSPS) is 15.0. The van der Waals surface area contributed by atoms with Gasteiger partial charge in [0.25, 0.3) is 10.0 Å². The van der Waals surface area contributed by atoms with E-state index in [0.29, 0.717) is 11.4 Å². The van der Waals surface area contributed by atoms with Crippen molar-refractivity contribution in [2.24, 2.45) is 0 Å². The molecule has 1 aromatic heterocycles. The summed E-state index contributed by atoms with van der Waals surface area (Å²) in [6.07, 6.45) is 3.38. The van der Waals surface area contributed by atoms with Crippen LogP contribution in [-0.2, 0) is 19.6 Å². The zero-order chi connectivity index (χ0) is 17.3. The van der Waals surface area contributed by atoms with Crippen LogP contribution in [0.3, 0.4) is 0 Å². The summed E-state index contributed by atoms with van der Waals surface area (Å²) in [5.41, 5.74) is 0.817. The van der Waals surface area contributed by atoms with Gasteiger partial charge in [-0.05, 0) is 36.4 Å². The maximum atomic E-state index is 12.6. The molecule has 0 bridgehead atoms. The predicted octanol–water partition coefficient (Wildman–Crippen LogP) is 1.56. The van der Waals surface area contributed by atoms with Crippen molar-refractivity contribution in [3.05, 3.63) is 48.8 Å². The molecule has 2 aromatic rings. The van der Waals surface area contributed by atoms with Crippen LogP contribution in [0.4, 0.5) is 11.4 Å². The summed E-state index contributed by atoms with van der Waals surface area (Å²) < 4.78 is 26.4. The molecule has 1 fully saturated rings. The first kappa shape index (κ1) is 16.1. The third-order valence-electron chi connectivity index (χ3n) is 3.81. The number of amides is 2. The second-order valence-corrected chi connectivity index (χ2v) is 7.27. The highest BCUT2D eigenvalue weighted by molar-refractivity contribution is 7.92. The lowest BCUT2D eigenvalue weighted by Gasteiger charge is -2.20. The molecule has 0 N–H and O–H groups in total. The van der Waals surface area contributed by atoms with Gasteiger partial charge in [0.1, 0.15) is 0 Å². The van der Waals surface area contributed by atoms with E-state index in [-0.39, 0.29) is 29.6 Å². The topological polar surface area (TPSA) is 87.7 Å². The minimum atomic E-state index is -3.75. The number of rotatable bonds is 4. The van der Waals surface area contributed by atoms with Crippen molar-refractivity contribution < 1.29 is 18.0 Å². The van der Waals surface area contributed by atoms with Crippen LogP contribution < -0.4 is 9.21 Å². The van der Waals surface area contributed by atoms with Gasteiger partial charge in [-0.2, -0.15) is 0 Å². The molecule has 0 aliphatic carbocycles. The average molecular weight is 345 g/mol. The standard InChI is InChI=1S/C16H15N3O4S/c1-18(13-3-2-10-17-11-13)24(22,23)14-6-4-12(5-7-14)19-15(20)8-9-16(19)21/h2-7,10-11H,8-9H2,1H3. The average Bonchev–Trinajstić information content (AvgIpc) is 2.93. The number of pyridine rings is 1. The van der Waals surface area contributed by atoms with E-state index in [1.807, 2.05) is 0 Å². The number of anilines is 2. The molecule has 2 amide bonds. The first-order valence-corrected chi connectivity index (χ1v) is 8.70. The van der Waals surface area contributed by atoms with Crippen molar-refractivity contribution in [3.8, 4) is 0 Å². The number of hydrogen-bond donors (Lipinski definition) is 0. The second-order valence-electron chi connectivity index (χ2n) is 5.30. The quantitative estimate of drug-likeness (QED) is 0.785. The van der Waals surface area contributed by atoms with E-state index < -0.39 is 10.0 Å². The van der Waals surface area contributed by atoms with Crippen LogP contribution in [0.15, 0.2) is 53.7 Å². The number of benzene rings is 1. The first-order valence-electron chi connectivity index (χ1n) is 7.26. The van der Waals surface area contributed by atoms with Crippen molar-refractivity contribution >= 4 is 33.2 Å². The van der Waals surface area contributed by atoms with Gasteiger partial charge < -0.3 is 0 Å². The highest BCUT2D eigenvalue weighted by Gasteiger charge is 2.30. The molecule has 0 saturated carbocycles. The molecule has 1 aliphatic rings. The Balaban J connectivity index is 1.90. The number of carbonyl (C=O) groups excluding carboxylic acids is 2. The Labute approximate surface area is 139 Å². The Kier molecular flexibility index (Phi) is 4.06. The van der Waals surface area contributed by atoms with Gasteiger partial charge in [0, 0.05) is 26.1 Å². The van der Waals surface area contributed by atoms with E-state index in [4.69, 9.17) is 0 Å². The van der Waals surface area contributed by atoms with E-state index in [0.717, 1.165) is 9.21 Å². The Morgan fingerprint density at radius 3 is 2.21 bits per heavy atom. The molecule has 24 heavy (non-hydrogen) atoms. The van der Waals surface area contributed by atoms with Gasteiger partial charge in [-0.15, -0.1) is 0 Å². The van der Waals surface area contributed by atoms with Crippen LogP contribution in [-0.4, -0.2) is 32.3 Å². The fourth-order valence-electron chi connectivity index (χ4n) is 2.47. The first-order chi connectivity index (χ1) is 11.4. The summed E-state index contributed by atoms with van der Waals surface area (Å²) in [5.74, 6) is -0.550. The van der Waals surface area contributed by atoms with Crippen molar-refractivity contribution in [1.29, 1.82) is 0 Å². The van der Waals surface area contributed by atoms with Gasteiger partial charge in [0.05, 0.1) is 22.5 Å². The molecule has 2 heterocycles. The third kappa shape index (κ3) is 2.76. The number of sulfonamides is 1. The summed E-state index contributed by atoms with van der Waals surface area (Å²) in [5, 5.41) is 0. The molecule has 1 aromatic carbocycles. The van der Waals surface area contributed by atoms with Gasteiger partial charge >= 0.3 is 0 Å². The van der Waals surface area contributed by atoms with Crippen LogP contribution in [0.2, 0.25) is 0 Å². The van der Waals surface area contributed by atoms with Gasteiger partial charge in [0.2, 0.25) is 11.8 Å². The summed E-state index contributed by atoms with van der Waals surface area (Å²) in [4.78, 5) is 28.5. The summed E-state index contributed by atoms with van der Waals surface area (Å²) >= 11 is 0. The van der Waals surface area contributed by atoms with E-state index in [2.05, 4.69) is 4.98 Å². The van der Waals surface area contributed by atoms with E-state index >= 15 is 0 Å². The molecule has 1 saturated heterocycles. The van der Waals surface area contributed by atoms with E-state index in [9.17, 15) is 18.0 Å². The summed E-state index contributed by atoms with van der Waals surface area (Å²) in [6.45, 7) is 0. The summed E-state index contributed by atoms with van der Waals surface area (Å²) in [6, 6.07) is 8.98. The Bertz CT molecular complexity index is 863. The molecule has 124 valence electrons. The highest BCUT2D eigenvalue weighted by Crippen LogP contribution is 2.26. The Hall–Kier alpha value is -2.74. The second kappa shape index (κ2) is 6.04. The molecule has 7 nitrogen and oxygen atoms in total. The predicted molar refractivity (Wildman–Crippen MR) is 88.0 cm³/mol. The van der Waals surface area contributed by atoms with Crippen LogP contribution in [0.1, 0.15) is 12.8 Å². The fourth-order valence-corrected chi connectivity index (χ4v) is 3.65. The lowest BCUT2D eigenvalue weighted by atomic mass is 10.3. The maximum absolute atomic E-state index is 12.6. The number of imide groups is 1. The minimum absolute atomic E-state index is 0.0664. The number of nitrogens with zero attached hydrogens (tertiary/aromatic N) is 3. The fraction of sp³-hybridized carbons (Fsp3) is 0.188. The lowest BCUT2D eigenvalue weighted by molar-refractivity contribution is -0.121. The molecule has 1 aliphatic heterocycles. The number of carbonyl (C=O) groups is 2. The number of aromatic nitrogens is 1. The van der Waals surface area contributed by atoms with Crippen molar-refractivity contribution in [3.63, 3.8) is 0 Å². The summed E-state index contributed by atoms with van der Waals surface area (Å²) in [7, 11) is -2.32. The zero-order valence-electron chi connectivity index (χ0n) is 12.9. The van der Waals surface area contributed by atoms with Crippen molar-refractivity contribution in [2.75, 3.05) is 16.3 Å². The Morgan fingerprint density at radius 1 is 1.04 bits per heavy atom. The van der Waals surface area contributed by atoms with Crippen molar-refractivity contribution in [1.82, 2.24) is 4.98 Å². The highest BCUT2D eigenvalue weighted by atomic mass is 32.2. The van der Waals surface area contributed by atoms with Crippen LogP contribution in [0.5, 0.6) is 0 Å². The maximum Gasteiger partial charge on any atom is 0.264 e. The van der Waals surface area contributed by atoms with Crippen LogP contribution >= 0.6 is 0 Å². The monoisotopic (exact) mass is 345 g/mol. The van der Waals surface area contributed by atoms with Crippen LogP contribution in [0, 0.1) is 0 Å². The number of hydrogen-bond acceptors (Lipinski definition) is 5. The van der Waals surface area contributed by atoms with Crippen molar-refractivity contribution in [2.45, 2.75) is 17.7 Å². The molecule has 0 unspecified atom stereocenters. The molecule has 3 rings (SSSR count). The van der Waals surface area contributed by atoms with Gasteiger partial charge in [-0.1, -0.05) is 0 Å². The molecular formula is C16H15N3O4S. The SMILES string of the molecule is CN(c1cccnc1)S(=O)(=O)c1ccc(N2C(=O)CCC2=O)cc1. The molecule has 0 atom stereocenters. The molecular weight excluding hydrogens is 330 g/mol. The zero-order valence-corrected chi connectivity index (χ0v) is 13.7. The minimum Gasteiger partial charge on any atom is -0.274 e. The molecule has 8 heteroatoms.